The first-order valence-electron chi connectivity index (χ1n) is 10.5. The van der Waals surface area contributed by atoms with Crippen molar-refractivity contribution < 1.29 is 18.0 Å². The van der Waals surface area contributed by atoms with Crippen molar-refractivity contribution >= 4 is 62.3 Å². The van der Waals surface area contributed by atoms with Crippen LogP contribution in [0.4, 0.5) is 5.69 Å². The van der Waals surface area contributed by atoms with E-state index in [4.69, 9.17) is 34.8 Å². The summed E-state index contributed by atoms with van der Waals surface area (Å²) in [6.45, 7) is 5.46. The SMILES string of the molecule is CC(C)CNC(=O)[C@H](C)N(Cc1cccc(Cl)c1)C(=O)CN(c1ccc(Cl)cc1Cl)S(C)(=O)=O. The molecule has 2 rings (SSSR count). The Bertz CT molecular complexity index is 1140. The van der Waals surface area contributed by atoms with Gasteiger partial charge in [-0.05, 0) is 48.7 Å². The molecule has 2 aromatic rings. The van der Waals surface area contributed by atoms with Crippen molar-refractivity contribution in [3.05, 3.63) is 63.1 Å². The number of amides is 2. The van der Waals surface area contributed by atoms with Crippen LogP contribution in [0.1, 0.15) is 26.3 Å². The van der Waals surface area contributed by atoms with E-state index in [0.717, 1.165) is 10.6 Å². The second kappa shape index (κ2) is 12.1. The summed E-state index contributed by atoms with van der Waals surface area (Å²) in [5, 5.41) is 3.70. The Hall–Kier alpha value is -2.00. The van der Waals surface area contributed by atoms with Gasteiger partial charge in [0.05, 0.1) is 17.0 Å². The van der Waals surface area contributed by atoms with E-state index in [1.807, 2.05) is 13.8 Å². The van der Waals surface area contributed by atoms with Crippen LogP contribution in [-0.2, 0) is 26.2 Å². The highest BCUT2D eigenvalue weighted by Crippen LogP contribution is 2.30. The van der Waals surface area contributed by atoms with Crippen LogP contribution in [0.25, 0.3) is 0 Å². The van der Waals surface area contributed by atoms with E-state index in [1.54, 1.807) is 31.2 Å². The minimum Gasteiger partial charge on any atom is -0.354 e. The number of sulfonamides is 1. The zero-order valence-electron chi connectivity index (χ0n) is 19.4. The summed E-state index contributed by atoms with van der Waals surface area (Å²) in [7, 11) is -3.89. The molecule has 0 bridgehead atoms. The molecular weight excluding hydrogens is 521 g/mol. The lowest BCUT2D eigenvalue weighted by molar-refractivity contribution is -0.139. The molecule has 0 saturated heterocycles. The van der Waals surface area contributed by atoms with Crippen LogP contribution in [0.15, 0.2) is 42.5 Å². The molecule has 186 valence electrons. The van der Waals surface area contributed by atoms with Crippen LogP contribution in [0.3, 0.4) is 0 Å². The number of carbonyl (C=O) groups is 2. The second-order valence-corrected chi connectivity index (χ2v) is 11.5. The van der Waals surface area contributed by atoms with Gasteiger partial charge >= 0.3 is 0 Å². The standard InChI is InChI=1S/C23H28Cl3N3O4S/c1-15(2)12-27-23(31)16(3)28(13-17-6-5-7-18(24)10-17)22(30)14-29(34(4,32)33)21-9-8-19(25)11-20(21)26/h5-11,15-16H,12-14H2,1-4H3,(H,27,31)/t16-/m0/s1. The van der Waals surface area contributed by atoms with E-state index in [1.165, 1.54) is 23.1 Å². The first kappa shape index (κ1) is 28.2. The summed E-state index contributed by atoms with van der Waals surface area (Å²) < 4.78 is 26.1. The first-order valence-corrected chi connectivity index (χ1v) is 13.5. The summed E-state index contributed by atoms with van der Waals surface area (Å²) in [4.78, 5) is 27.6. The fourth-order valence-corrected chi connectivity index (χ4v) is 4.78. The maximum atomic E-state index is 13.5. The molecule has 0 unspecified atom stereocenters. The molecule has 0 aromatic heterocycles. The number of anilines is 1. The third kappa shape index (κ3) is 8.05. The highest BCUT2D eigenvalue weighted by atomic mass is 35.5. The number of nitrogens with one attached hydrogen (secondary N) is 1. The highest BCUT2D eigenvalue weighted by molar-refractivity contribution is 7.92. The molecule has 0 heterocycles. The lowest BCUT2D eigenvalue weighted by Crippen LogP contribution is -2.51. The molecule has 0 aliphatic rings. The number of hydrogen-bond donors (Lipinski definition) is 1. The van der Waals surface area contributed by atoms with Crippen molar-refractivity contribution in [3.63, 3.8) is 0 Å². The molecule has 0 fully saturated rings. The number of rotatable bonds is 10. The molecule has 0 spiro atoms. The van der Waals surface area contributed by atoms with Crippen LogP contribution < -0.4 is 9.62 Å². The van der Waals surface area contributed by atoms with E-state index < -0.39 is 28.5 Å². The largest absolute Gasteiger partial charge is 0.354 e. The maximum Gasteiger partial charge on any atom is 0.244 e. The summed E-state index contributed by atoms with van der Waals surface area (Å²) in [5.74, 6) is -0.705. The van der Waals surface area contributed by atoms with Gasteiger partial charge in [-0.3, -0.25) is 13.9 Å². The van der Waals surface area contributed by atoms with E-state index >= 15 is 0 Å². The Morgan fingerprint density at radius 3 is 2.21 bits per heavy atom. The number of halogens is 3. The molecule has 2 aromatic carbocycles. The summed E-state index contributed by atoms with van der Waals surface area (Å²) >= 11 is 18.3. The summed E-state index contributed by atoms with van der Waals surface area (Å²) in [6, 6.07) is 10.3. The lowest BCUT2D eigenvalue weighted by atomic mass is 10.1. The fourth-order valence-electron chi connectivity index (χ4n) is 3.15. The average Bonchev–Trinajstić information content (AvgIpc) is 2.73. The van der Waals surface area contributed by atoms with Crippen LogP contribution in [0.5, 0.6) is 0 Å². The van der Waals surface area contributed by atoms with Crippen molar-refractivity contribution in [2.45, 2.75) is 33.4 Å². The molecule has 7 nitrogen and oxygen atoms in total. The van der Waals surface area contributed by atoms with Crippen molar-refractivity contribution in [2.75, 3.05) is 23.7 Å². The molecule has 0 radical (unpaired) electrons. The molecular formula is C23H28Cl3N3O4S. The smallest absolute Gasteiger partial charge is 0.244 e. The number of nitrogens with zero attached hydrogens (tertiary/aromatic N) is 2. The molecule has 11 heteroatoms. The van der Waals surface area contributed by atoms with Gasteiger partial charge in [-0.2, -0.15) is 0 Å². The minimum atomic E-state index is -3.89. The topological polar surface area (TPSA) is 86.8 Å². The van der Waals surface area contributed by atoms with Gasteiger partial charge in [-0.15, -0.1) is 0 Å². The van der Waals surface area contributed by atoms with Gasteiger partial charge < -0.3 is 10.2 Å². The molecule has 0 aliphatic heterocycles. The number of hydrogen-bond acceptors (Lipinski definition) is 4. The van der Waals surface area contributed by atoms with Crippen molar-refractivity contribution in [1.29, 1.82) is 0 Å². The van der Waals surface area contributed by atoms with E-state index in [-0.39, 0.29) is 29.1 Å². The number of benzene rings is 2. The van der Waals surface area contributed by atoms with Crippen LogP contribution in [0.2, 0.25) is 15.1 Å². The molecule has 0 saturated carbocycles. The first-order chi connectivity index (χ1) is 15.8. The molecule has 34 heavy (non-hydrogen) atoms. The van der Waals surface area contributed by atoms with Gasteiger partial charge in [-0.25, -0.2) is 8.42 Å². The normalized spacial score (nSPS) is 12.4. The lowest BCUT2D eigenvalue weighted by Gasteiger charge is -2.32. The van der Waals surface area contributed by atoms with E-state index in [2.05, 4.69) is 5.32 Å². The van der Waals surface area contributed by atoms with E-state index in [0.29, 0.717) is 22.2 Å². The average molecular weight is 549 g/mol. The molecule has 1 atom stereocenters. The Kier molecular flexibility index (Phi) is 10.1. The zero-order chi connectivity index (χ0) is 25.6. The monoisotopic (exact) mass is 547 g/mol. The highest BCUT2D eigenvalue weighted by Gasteiger charge is 2.30. The molecule has 1 N–H and O–H groups in total. The van der Waals surface area contributed by atoms with Crippen molar-refractivity contribution in [1.82, 2.24) is 10.2 Å². The fraction of sp³-hybridized carbons (Fsp3) is 0.391. The van der Waals surface area contributed by atoms with Crippen LogP contribution >= 0.6 is 34.8 Å². The van der Waals surface area contributed by atoms with Crippen LogP contribution in [0, 0.1) is 5.92 Å². The molecule has 2 amide bonds. The van der Waals surface area contributed by atoms with Gasteiger partial charge in [0.15, 0.2) is 0 Å². The second-order valence-electron chi connectivity index (χ2n) is 8.33. The minimum absolute atomic E-state index is 0.0572. The van der Waals surface area contributed by atoms with Crippen molar-refractivity contribution in [3.8, 4) is 0 Å². The predicted molar refractivity (Wildman–Crippen MR) is 138 cm³/mol. The maximum absolute atomic E-state index is 13.5. The van der Waals surface area contributed by atoms with Crippen LogP contribution in [-0.4, -0.2) is 50.5 Å². The number of carbonyl (C=O) groups excluding carboxylic acids is 2. The van der Waals surface area contributed by atoms with Gasteiger partial charge in [-0.1, -0.05) is 60.8 Å². The van der Waals surface area contributed by atoms with Gasteiger partial charge in [0.25, 0.3) is 0 Å². The zero-order valence-corrected chi connectivity index (χ0v) is 22.5. The molecule has 0 aliphatic carbocycles. The predicted octanol–water partition coefficient (Wildman–Crippen LogP) is 4.60. The Balaban J connectivity index is 2.40. The Labute approximate surface area is 216 Å². The van der Waals surface area contributed by atoms with Gasteiger partial charge in [0.2, 0.25) is 21.8 Å². The Morgan fingerprint density at radius 2 is 1.65 bits per heavy atom. The quantitative estimate of drug-likeness (QED) is 0.470. The Morgan fingerprint density at radius 1 is 1.00 bits per heavy atom. The van der Waals surface area contributed by atoms with Crippen molar-refractivity contribution in [2.24, 2.45) is 5.92 Å². The van der Waals surface area contributed by atoms with Gasteiger partial charge in [0, 0.05) is 23.1 Å². The summed E-state index contributed by atoms with van der Waals surface area (Å²) in [6.07, 6.45) is 0.977. The summed E-state index contributed by atoms with van der Waals surface area (Å²) in [5.41, 5.74) is 0.807. The van der Waals surface area contributed by atoms with Gasteiger partial charge in [0.1, 0.15) is 12.6 Å². The third-order valence-corrected chi connectivity index (χ3v) is 6.85. The van der Waals surface area contributed by atoms with E-state index in [9.17, 15) is 18.0 Å². The third-order valence-electron chi connectivity index (χ3n) is 4.95.